The topological polar surface area (TPSA) is 57.6 Å². The van der Waals surface area contributed by atoms with E-state index in [2.05, 4.69) is 5.92 Å². The second-order valence-electron chi connectivity index (χ2n) is 2.81. The molecule has 14 heavy (non-hydrogen) atoms. The number of rotatable bonds is 4. The number of aliphatic hydroxyl groups is 1. The lowest BCUT2D eigenvalue weighted by molar-refractivity contribution is -0.137. The Morgan fingerprint density at radius 3 is 2.93 bits per heavy atom. The van der Waals surface area contributed by atoms with Crippen LogP contribution in [0.25, 0.3) is 0 Å². The standard InChI is InChI=1S/C9H11NO3S/c1-2-3-10-8(12)6-7(9(10)13)14-5-4-11/h1,7,11H,3-6H2. The Kier molecular flexibility index (Phi) is 3.98. The lowest BCUT2D eigenvalue weighted by atomic mass is 10.4. The van der Waals surface area contributed by atoms with Gasteiger partial charge in [0.15, 0.2) is 0 Å². The molecular weight excluding hydrogens is 202 g/mol. The minimum Gasteiger partial charge on any atom is -0.396 e. The highest BCUT2D eigenvalue weighted by Crippen LogP contribution is 2.24. The van der Waals surface area contributed by atoms with E-state index in [1.807, 2.05) is 0 Å². The molecule has 0 aromatic carbocycles. The number of hydrogen-bond donors (Lipinski definition) is 1. The van der Waals surface area contributed by atoms with Crippen LogP contribution in [0.4, 0.5) is 0 Å². The van der Waals surface area contributed by atoms with Crippen molar-refractivity contribution in [3.05, 3.63) is 0 Å². The minimum absolute atomic E-state index is 0.0117. The number of imide groups is 1. The molecule has 1 aliphatic heterocycles. The van der Waals surface area contributed by atoms with Crippen LogP contribution >= 0.6 is 11.8 Å². The van der Waals surface area contributed by atoms with Crippen molar-refractivity contribution >= 4 is 23.6 Å². The first-order valence-electron chi connectivity index (χ1n) is 4.21. The van der Waals surface area contributed by atoms with Crippen molar-refractivity contribution in [2.24, 2.45) is 0 Å². The fraction of sp³-hybridized carbons (Fsp3) is 0.556. The molecule has 0 aromatic rings. The molecule has 1 fully saturated rings. The van der Waals surface area contributed by atoms with E-state index in [4.69, 9.17) is 11.5 Å². The summed E-state index contributed by atoms with van der Waals surface area (Å²) in [7, 11) is 0. The molecule has 0 radical (unpaired) electrons. The summed E-state index contributed by atoms with van der Waals surface area (Å²) in [5.41, 5.74) is 0. The van der Waals surface area contributed by atoms with Gasteiger partial charge < -0.3 is 5.11 Å². The number of hydrogen-bond acceptors (Lipinski definition) is 4. The molecule has 4 nitrogen and oxygen atoms in total. The van der Waals surface area contributed by atoms with Crippen LogP contribution in [0.5, 0.6) is 0 Å². The summed E-state index contributed by atoms with van der Waals surface area (Å²) in [4.78, 5) is 23.9. The number of nitrogens with zero attached hydrogens (tertiary/aromatic N) is 1. The summed E-state index contributed by atoms with van der Waals surface area (Å²) in [5.74, 6) is 2.29. The number of likely N-dealkylation sites (tertiary alicyclic amines) is 1. The first kappa shape index (κ1) is 11.1. The van der Waals surface area contributed by atoms with Gasteiger partial charge in [-0.2, -0.15) is 0 Å². The van der Waals surface area contributed by atoms with Crippen molar-refractivity contribution in [3.63, 3.8) is 0 Å². The molecule has 0 bridgehead atoms. The predicted molar refractivity (Wildman–Crippen MR) is 53.5 cm³/mol. The third kappa shape index (κ3) is 2.28. The van der Waals surface area contributed by atoms with Gasteiger partial charge >= 0.3 is 0 Å². The molecule has 2 amide bonds. The van der Waals surface area contributed by atoms with E-state index < -0.39 is 0 Å². The molecule has 0 spiro atoms. The van der Waals surface area contributed by atoms with E-state index in [0.29, 0.717) is 5.75 Å². The van der Waals surface area contributed by atoms with Gasteiger partial charge in [0.1, 0.15) is 0 Å². The van der Waals surface area contributed by atoms with Crippen molar-refractivity contribution in [2.45, 2.75) is 11.7 Å². The molecule has 1 atom stereocenters. The van der Waals surface area contributed by atoms with Gasteiger partial charge in [-0.15, -0.1) is 18.2 Å². The summed E-state index contributed by atoms with van der Waals surface area (Å²) in [6.45, 7) is 0.0611. The molecule has 76 valence electrons. The average molecular weight is 213 g/mol. The molecule has 1 rings (SSSR count). The summed E-state index contributed by atoms with van der Waals surface area (Å²) < 4.78 is 0. The molecule has 0 aliphatic carbocycles. The van der Waals surface area contributed by atoms with Crippen LogP contribution in [0, 0.1) is 12.3 Å². The third-order valence-electron chi connectivity index (χ3n) is 1.86. The van der Waals surface area contributed by atoms with E-state index in [-0.39, 0.29) is 36.6 Å². The Labute approximate surface area is 86.7 Å². The molecule has 1 N–H and O–H groups in total. The number of carbonyl (C=O) groups is 2. The van der Waals surface area contributed by atoms with Crippen molar-refractivity contribution in [3.8, 4) is 12.3 Å². The normalized spacial score (nSPS) is 21.4. The highest BCUT2D eigenvalue weighted by Gasteiger charge is 2.37. The molecule has 0 saturated carbocycles. The van der Waals surface area contributed by atoms with Gasteiger partial charge in [-0.3, -0.25) is 14.5 Å². The van der Waals surface area contributed by atoms with Gasteiger partial charge in [0.05, 0.1) is 18.4 Å². The lowest BCUT2D eigenvalue weighted by Gasteiger charge is -2.10. The van der Waals surface area contributed by atoms with E-state index in [9.17, 15) is 9.59 Å². The Bertz CT molecular complexity index is 284. The maximum atomic E-state index is 11.5. The van der Waals surface area contributed by atoms with E-state index in [1.165, 1.54) is 11.8 Å². The zero-order valence-electron chi connectivity index (χ0n) is 7.60. The summed E-state index contributed by atoms with van der Waals surface area (Å²) in [6, 6.07) is 0. The minimum atomic E-state index is -0.358. The van der Waals surface area contributed by atoms with Crippen LogP contribution in [0.15, 0.2) is 0 Å². The van der Waals surface area contributed by atoms with E-state index in [1.54, 1.807) is 0 Å². The Hall–Kier alpha value is -0.990. The van der Waals surface area contributed by atoms with Gasteiger partial charge in [0.25, 0.3) is 0 Å². The number of terminal acetylenes is 1. The van der Waals surface area contributed by atoms with Crippen LogP contribution in [0.1, 0.15) is 6.42 Å². The maximum absolute atomic E-state index is 11.5. The van der Waals surface area contributed by atoms with Gasteiger partial charge in [-0.1, -0.05) is 5.92 Å². The first-order valence-corrected chi connectivity index (χ1v) is 5.25. The Morgan fingerprint density at radius 2 is 2.36 bits per heavy atom. The zero-order valence-corrected chi connectivity index (χ0v) is 8.42. The van der Waals surface area contributed by atoms with Crippen LogP contribution in [0.3, 0.4) is 0 Å². The average Bonchev–Trinajstić information content (AvgIpc) is 2.43. The van der Waals surface area contributed by atoms with Crippen molar-refractivity contribution in [1.29, 1.82) is 0 Å². The number of carbonyl (C=O) groups excluding carboxylic acids is 2. The maximum Gasteiger partial charge on any atom is 0.243 e. The highest BCUT2D eigenvalue weighted by molar-refractivity contribution is 8.00. The second kappa shape index (κ2) is 5.03. The quantitative estimate of drug-likeness (QED) is 0.504. The predicted octanol–water partition coefficient (Wildman–Crippen LogP) is -0.527. The second-order valence-corrected chi connectivity index (χ2v) is 4.12. The van der Waals surface area contributed by atoms with Gasteiger partial charge in [-0.05, 0) is 0 Å². The van der Waals surface area contributed by atoms with Crippen molar-refractivity contribution < 1.29 is 14.7 Å². The monoisotopic (exact) mass is 213 g/mol. The lowest BCUT2D eigenvalue weighted by Crippen LogP contribution is -2.31. The van der Waals surface area contributed by atoms with Crippen LogP contribution in [-0.4, -0.2) is 46.0 Å². The van der Waals surface area contributed by atoms with Crippen LogP contribution in [-0.2, 0) is 9.59 Å². The van der Waals surface area contributed by atoms with Crippen LogP contribution in [0.2, 0.25) is 0 Å². The Balaban J connectivity index is 2.56. The summed E-state index contributed by atoms with van der Waals surface area (Å²) in [5, 5.41) is 8.23. The molecule has 0 aromatic heterocycles. The number of aliphatic hydroxyl groups excluding tert-OH is 1. The molecule has 1 heterocycles. The summed E-state index contributed by atoms with van der Waals surface area (Å²) in [6.07, 6.45) is 5.24. The third-order valence-corrected chi connectivity index (χ3v) is 3.05. The number of amides is 2. The van der Waals surface area contributed by atoms with E-state index in [0.717, 1.165) is 4.90 Å². The fourth-order valence-corrected chi connectivity index (χ4v) is 2.16. The van der Waals surface area contributed by atoms with Crippen molar-refractivity contribution in [1.82, 2.24) is 4.90 Å². The first-order chi connectivity index (χ1) is 6.70. The van der Waals surface area contributed by atoms with Gasteiger partial charge in [-0.25, -0.2) is 0 Å². The van der Waals surface area contributed by atoms with Gasteiger partial charge in [0.2, 0.25) is 11.8 Å². The Morgan fingerprint density at radius 1 is 1.64 bits per heavy atom. The molecule has 1 saturated heterocycles. The molecule has 1 unspecified atom stereocenters. The smallest absolute Gasteiger partial charge is 0.243 e. The van der Waals surface area contributed by atoms with E-state index >= 15 is 0 Å². The SMILES string of the molecule is C#CCN1C(=O)CC(SCCO)C1=O. The van der Waals surface area contributed by atoms with Gasteiger partial charge in [0, 0.05) is 12.2 Å². The zero-order chi connectivity index (χ0) is 10.6. The fourth-order valence-electron chi connectivity index (χ4n) is 1.24. The molecule has 5 heteroatoms. The number of thioether (sulfide) groups is 1. The highest BCUT2D eigenvalue weighted by atomic mass is 32.2. The largest absolute Gasteiger partial charge is 0.396 e. The summed E-state index contributed by atoms with van der Waals surface area (Å²) >= 11 is 1.29. The van der Waals surface area contributed by atoms with Crippen LogP contribution < -0.4 is 0 Å². The molecular formula is C9H11NO3S. The van der Waals surface area contributed by atoms with Crippen molar-refractivity contribution in [2.75, 3.05) is 18.9 Å². The molecule has 1 aliphatic rings.